The molecule has 0 fully saturated rings. The summed E-state index contributed by atoms with van der Waals surface area (Å²) in [5.41, 5.74) is 7.81. The fraction of sp³-hybridized carbons (Fsp3) is 0.115. The van der Waals surface area contributed by atoms with Gasteiger partial charge in [-0.1, -0.05) is 66.4 Å². The normalized spacial score (nSPS) is 10.9. The largest absolute Gasteiger partial charge is 0.489 e. The number of carbonyl (C=O) groups excluding carboxylic acids is 1. The Bertz CT molecular complexity index is 1220. The molecule has 1 aromatic heterocycles. The Morgan fingerprint density at radius 2 is 1.82 bits per heavy atom. The number of hydrogen-bond acceptors (Lipinski definition) is 6. The molecule has 0 unspecified atom stereocenters. The van der Waals surface area contributed by atoms with E-state index in [1.54, 1.807) is 6.21 Å². The van der Waals surface area contributed by atoms with Crippen LogP contribution in [0.4, 0.5) is 0 Å². The van der Waals surface area contributed by atoms with Crippen LogP contribution in [0.5, 0.6) is 5.75 Å². The minimum absolute atomic E-state index is 0.175. The fourth-order valence-electron chi connectivity index (χ4n) is 2.99. The van der Waals surface area contributed by atoms with Gasteiger partial charge in [-0.05, 0) is 47.9 Å². The molecule has 4 aromatic rings. The predicted octanol–water partition coefficient (Wildman–Crippen LogP) is 5.94. The average Bonchev–Trinajstić information content (AvgIpc) is 3.33. The fourth-order valence-corrected chi connectivity index (χ4v) is 4.61. The number of thioether (sulfide) groups is 1. The molecule has 0 radical (unpaired) electrons. The van der Waals surface area contributed by atoms with Crippen LogP contribution in [0.3, 0.4) is 0 Å². The number of ether oxygens (including phenoxy) is 1. The number of amides is 1. The molecule has 1 amide bonds. The third-order valence-electron chi connectivity index (χ3n) is 4.82. The molecule has 0 aliphatic rings. The van der Waals surface area contributed by atoms with E-state index in [0.717, 1.165) is 32.5 Å². The quantitative estimate of drug-likeness (QED) is 0.186. The van der Waals surface area contributed by atoms with Crippen LogP contribution in [-0.2, 0) is 11.4 Å². The highest BCUT2D eigenvalue weighted by Gasteiger charge is 2.07. The first-order valence-corrected chi connectivity index (χ1v) is 12.3. The molecule has 33 heavy (non-hydrogen) atoms. The van der Waals surface area contributed by atoms with Gasteiger partial charge in [0.2, 0.25) is 0 Å². The number of rotatable bonds is 9. The lowest BCUT2D eigenvalue weighted by Gasteiger charge is -2.08. The number of aromatic nitrogens is 1. The van der Waals surface area contributed by atoms with Crippen molar-refractivity contribution in [1.82, 2.24) is 10.4 Å². The summed E-state index contributed by atoms with van der Waals surface area (Å²) in [6.07, 6.45) is 1.62. The van der Waals surface area contributed by atoms with Crippen LogP contribution in [0.2, 0.25) is 0 Å². The van der Waals surface area contributed by atoms with Crippen LogP contribution in [0.25, 0.3) is 11.3 Å². The molecule has 3 aromatic carbocycles. The Morgan fingerprint density at radius 3 is 2.61 bits per heavy atom. The minimum atomic E-state index is -0.175. The summed E-state index contributed by atoms with van der Waals surface area (Å²) >= 11 is 2.93. The van der Waals surface area contributed by atoms with Gasteiger partial charge < -0.3 is 4.74 Å². The Hall–Kier alpha value is -3.42. The Balaban J connectivity index is 1.21. The number of benzene rings is 3. The van der Waals surface area contributed by atoms with Crippen molar-refractivity contribution >= 4 is 35.2 Å². The molecule has 0 aliphatic heterocycles. The lowest BCUT2D eigenvalue weighted by Crippen LogP contribution is -2.19. The van der Waals surface area contributed by atoms with Crippen molar-refractivity contribution in [2.24, 2.45) is 5.10 Å². The first-order chi connectivity index (χ1) is 16.2. The van der Waals surface area contributed by atoms with Crippen molar-refractivity contribution in [1.29, 1.82) is 0 Å². The standard InChI is InChI=1S/C26H23N3O2S2/c1-19-7-5-6-10-22(19)16-31-23-13-11-20(12-14-23)15-27-29-25(30)18-33-26-28-24(17-32-26)21-8-3-2-4-9-21/h2-15,17H,16,18H2,1H3,(H,29,30)/b27-15+. The van der Waals surface area contributed by atoms with Gasteiger partial charge in [-0.15, -0.1) is 11.3 Å². The second-order valence-corrected chi connectivity index (χ2v) is 9.31. The van der Waals surface area contributed by atoms with Crippen LogP contribution >= 0.6 is 23.1 Å². The van der Waals surface area contributed by atoms with Crippen LogP contribution < -0.4 is 10.2 Å². The summed E-state index contributed by atoms with van der Waals surface area (Å²) in [4.78, 5) is 16.7. The molecule has 4 rings (SSSR count). The third-order valence-corrected chi connectivity index (χ3v) is 6.84. The monoisotopic (exact) mass is 473 g/mol. The molecular weight excluding hydrogens is 450 g/mol. The van der Waals surface area contributed by atoms with E-state index in [2.05, 4.69) is 34.6 Å². The van der Waals surface area contributed by atoms with Crippen molar-refractivity contribution in [2.45, 2.75) is 17.9 Å². The average molecular weight is 474 g/mol. The predicted molar refractivity (Wildman–Crippen MR) is 136 cm³/mol. The van der Waals surface area contributed by atoms with E-state index in [1.807, 2.05) is 72.1 Å². The van der Waals surface area contributed by atoms with E-state index in [9.17, 15) is 4.79 Å². The Kier molecular flexibility index (Phi) is 7.90. The van der Waals surface area contributed by atoms with Crippen LogP contribution in [0.1, 0.15) is 16.7 Å². The molecule has 7 heteroatoms. The van der Waals surface area contributed by atoms with Crippen molar-refractivity contribution < 1.29 is 9.53 Å². The van der Waals surface area contributed by atoms with Gasteiger partial charge in [0.25, 0.3) is 5.91 Å². The Morgan fingerprint density at radius 1 is 1.06 bits per heavy atom. The summed E-state index contributed by atoms with van der Waals surface area (Å²) in [6.45, 7) is 2.60. The van der Waals surface area contributed by atoms with Crippen LogP contribution in [0, 0.1) is 6.92 Å². The van der Waals surface area contributed by atoms with Crippen molar-refractivity contribution in [3.63, 3.8) is 0 Å². The zero-order valence-corrected chi connectivity index (χ0v) is 19.7. The molecule has 0 spiro atoms. The van der Waals surface area contributed by atoms with Crippen molar-refractivity contribution in [3.8, 4) is 17.0 Å². The topological polar surface area (TPSA) is 63.6 Å². The van der Waals surface area contributed by atoms with E-state index < -0.39 is 0 Å². The van der Waals surface area contributed by atoms with E-state index in [0.29, 0.717) is 6.61 Å². The van der Waals surface area contributed by atoms with Gasteiger partial charge in [0.1, 0.15) is 12.4 Å². The SMILES string of the molecule is Cc1ccccc1COc1ccc(/C=N/NC(=O)CSc2nc(-c3ccccc3)cs2)cc1. The van der Waals surface area contributed by atoms with Gasteiger partial charge in [-0.3, -0.25) is 4.79 Å². The number of nitrogens with one attached hydrogen (secondary N) is 1. The molecule has 1 N–H and O–H groups in total. The zero-order chi connectivity index (χ0) is 22.9. The number of carbonyl (C=O) groups is 1. The molecule has 5 nitrogen and oxygen atoms in total. The van der Waals surface area contributed by atoms with E-state index >= 15 is 0 Å². The van der Waals surface area contributed by atoms with Crippen molar-refractivity contribution in [2.75, 3.05) is 5.75 Å². The number of nitrogens with zero attached hydrogens (tertiary/aromatic N) is 2. The van der Waals surface area contributed by atoms with E-state index in [1.165, 1.54) is 28.7 Å². The number of thiazole rings is 1. The highest BCUT2D eigenvalue weighted by molar-refractivity contribution is 8.01. The lowest BCUT2D eigenvalue weighted by molar-refractivity contribution is -0.118. The molecule has 0 bridgehead atoms. The smallest absolute Gasteiger partial charge is 0.250 e. The minimum Gasteiger partial charge on any atom is -0.489 e. The first-order valence-electron chi connectivity index (χ1n) is 10.4. The maximum absolute atomic E-state index is 12.1. The van der Waals surface area contributed by atoms with Gasteiger partial charge in [-0.25, -0.2) is 10.4 Å². The molecule has 0 saturated carbocycles. The molecule has 0 aliphatic carbocycles. The van der Waals surface area contributed by atoms with E-state index in [-0.39, 0.29) is 11.7 Å². The van der Waals surface area contributed by atoms with E-state index in [4.69, 9.17) is 4.74 Å². The zero-order valence-electron chi connectivity index (χ0n) is 18.1. The molecule has 166 valence electrons. The summed E-state index contributed by atoms with van der Waals surface area (Å²) in [5.74, 6) is 0.866. The highest BCUT2D eigenvalue weighted by atomic mass is 32.2. The first kappa shape index (κ1) is 22.8. The van der Waals surface area contributed by atoms with Gasteiger partial charge in [-0.2, -0.15) is 5.10 Å². The number of aryl methyl sites for hydroxylation is 1. The second-order valence-electron chi connectivity index (χ2n) is 7.23. The molecule has 0 atom stereocenters. The second kappa shape index (κ2) is 11.4. The Labute approximate surface area is 201 Å². The summed E-state index contributed by atoms with van der Waals surface area (Å²) < 4.78 is 6.71. The maximum Gasteiger partial charge on any atom is 0.250 e. The summed E-state index contributed by atoms with van der Waals surface area (Å²) in [7, 11) is 0. The van der Waals surface area contributed by atoms with Gasteiger partial charge in [0, 0.05) is 10.9 Å². The molecule has 1 heterocycles. The van der Waals surface area contributed by atoms with Gasteiger partial charge in [0.05, 0.1) is 17.7 Å². The van der Waals surface area contributed by atoms with Crippen molar-refractivity contribution in [3.05, 3.63) is 101 Å². The highest BCUT2D eigenvalue weighted by Crippen LogP contribution is 2.27. The van der Waals surface area contributed by atoms with Crippen LogP contribution in [0.15, 0.2) is 93.7 Å². The summed E-state index contributed by atoms with van der Waals surface area (Å²) in [5, 5.41) is 6.05. The lowest BCUT2D eigenvalue weighted by atomic mass is 10.1. The summed E-state index contributed by atoms with van der Waals surface area (Å²) in [6, 6.07) is 25.7. The van der Waals surface area contributed by atoms with Gasteiger partial charge >= 0.3 is 0 Å². The van der Waals surface area contributed by atoms with Gasteiger partial charge in [0.15, 0.2) is 4.34 Å². The maximum atomic E-state index is 12.1. The third kappa shape index (κ3) is 6.78. The molecule has 0 saturated heterocycles. The number of hydrazone groups is 1. The number of hydrogen-bond donors (Lipinski definition) is 1. The van der Waals surface area contributed by atoms with Crippen LogP contribution in [-0.4, -0.2) is 22.9 Å². The molecular formula is C26H23N3O2S2.